The van der Waals surface area contributed by atoms with E-state index in [1.54, 1.807) is 50.2 Å². The average Bonchev–Trinajstić information content (AvgIpc) is 3.28. The number of nitrogens with one attached hydrogen (secondary N) is 1. The van der Waals surface area contributed by atoms with Gasteiger partial charge in [0.2, 0.25) is 21.8 Å². The van der Waals surface area contributed by atoms with E-state index in [4.69, 9.17) is 4.42 Å². The van der Waals surface area contributed by atoms with Gasteiger partial charge in [-0.05, 0) is 37.3 Å². The van der Waals surface area contributed by atoms with Crippen molar-refractivity contribution in [1.29, 1.82) is 0 Å². The van der Waals surface area contributed by atoms with Gasteiger partial charge in [0.15, 0.2) is 5.78 Å². The first-order valence-electron chi connectivity index (χ1n) is 10.2. The molecule has 9 nitrogen and oxygen atoms in total. The molecule has 0 saturated heterocycles. The number of carbonyl (C=O) groups excluding carboxylic acids is 2. The van der Waals surface area contributed by atoms with Crippen LogP contribution >= 0.6 is 11.8 Å². The summed E-state index contributed by atoms with van der Waals surface area (Å²) < 4.78 is 32.5. The fourth-order valence-electron chi connectivity index (χ4n) is 3.03. The molecule has 2 aromatic carbocycles. The van der Waals surface area contributed by atoms with E-state index in [1.165, 1.54) is 23.4 Å². The Morgan fingerprint density at radius 3 is 2.48 bits per heavy atom. The highest BCUT2D eigenvalue weighted by atomic mass is 32.2. The predicted molar refractivity (Wildman–Crippen MR) is 126 cm³/mol. The predicted octanol–water partition coefficient (Wildman–Crippen LogP) is 3.70. The minimum atomic E-state index is -3.62. The Balaban J connectivity index is 1.66. The summed E-state index contributed by atoms with van der Waals surface area (Å²) in [5.74, 6) is -0.216. The maximum Gasteiger partial charge on any atom is 0.277 e. The van der Waals surface area contributed by atoms with Crippen molar-refractivity contribution in [2.24, 2.45) is 0 Å². The first-order chi connectivity index (χ1) is 15.7. The minimum absolute atomic E-state index is 0.0162. The molecule has 0 unspecified atom stereocenters. The molecule has 1 N–H and O–H groups in total. The quantitative estimate of drug-likeness (QED) is 0.339. The summed E-state index contributed by atoms with van der Waals surface area (Å²) in [6.07, 6.45) is 0. The molecule has 0 aliphatic heterocycles. The van der Waals surface area contributed by atoms with Crippen molar-refractivity contribution in [3.63, 3.8) is 0 Å². The molecule has 1 heterocycles. The van der Waals surface area contributed by atoms with Crippen LogP contribution in [0.4, 0.5) is 5.69 Å². The number of amides is 1. The fraction of sp³-hybridized carbons (Fsp3) is 0.273. The second kappa shape index (κ2) is 10.7. The first-order valence-corrected chi connectivity index (χ1v) is 12.6. The van der Waals surface area contributed by atoms with Crippen LogP contribution in [0.5, 0.6) is 0 Å². The maximum atomic E-state index is 12.8. The lowest BCUT2D eigenvalue weighted by molar-refractivity contribution is -0.113. The number of hydrogen-bond acceptors (Lipinski definition) is 8. The second-order valence-electron chi connectivity index (χ2n) is 6.96. The van der Waals surface area contributed by atoms with Crippen molar-refractivity contribution < 1.29 is 22.4 Å². The molecule has 174 valence electrons. The van der Waals surface area contributed by atoms with Crippen molar-refractivity contribution in [1.82, 2.24) is 14.5 Å². The lowest BCUT2D eigenvalue weighted by Gasteiger charge is -2.18. The lowest BCUT2D eigenvalue weighted by atomic mass is 10.1. The maximum absolute atomic E-state index is 12.8. The van der Waals surface area contributed by atoms with E-state index in [0.29, 0.717) is 29.9 Å². The molecular weight excluding hydrogens is 464 g/mol. The molecule has 0 bridgehead atoms. The number of nitrogens with zero attached hydrogens (tertiary/aromatic N) is 3. The molecule has 1 amide bonds. The fourth-order valence-corrected chi connectivity index (χ4v) is 5.09. The van der Waals surface area contributed by atoms with E-state index < -0.39 is 10.0 Å². The molecule has 0 fully saturated rings. The van der Waals surface area contributed by atoms with Gasteiger partial charge >= 0.3 is 0 Å². The third-order valence-electron chi connectivity index (χ3n) is 4.71. The molecule has 1 aromatic heterocycles. The Morgan fingerprint density at radius 2 is 1.79 bits per heavy atom. The van der Waals surface area contributed by atoms with E-state index >= 15 is 0 Å². The van der Waals surface area contributed by atoms with Crippen molar-refractivity contribution in [3.05, 3.63) is 54.1 Å². The topological polar surface area (TPSA) is 122 Å². The summed E-state index contributed by atoms with van der Waals surface area (Å²) in [4.78, 5) is 23.9. The Bertz CT molecular complexity index is 1250. The third kappa shape index (κ3) is 6.06. The second-order valence-corrected chi connectivity index (χ2v) is 9.83. The highest BCUT2D eigenvalue weighted by molar-refractivity contribution is 7.99. The zero-order valence-electron chi connectivity index (χ0n) is 18.4. The Labute approximate surface area is 196 Å². The highest BCUT2D eigenvalue weighted by Crippen LogP contribution is 2.26. The molecule has 3 rings (SSSR count). The number of anilines is 1. The molecule has 11 heteroatoms. The molecule has 0 aliphatic rings. The summed E-state index contributed by atoms with van der Waals surface area (Å²) in [6.45, 7) is 5.75. The Morgan fingerprint density at radius 1 is 1.06 bits per heavy atom. The van der Waals surface area contributed by atoms with Crippen LogP contribution in [-0.4, -0.2) is 53.5 Å². The Kier molecular flexibility index (Phi) is 8.01. The SMILES string of the molecule is CCN(CC)S(=O)(=O)c1cccc(-c2nnc(SCC(=O)Nc3cccc(C(C)=O)c3)o2)c1. The normalized spacial score (nSPS) is 11.5. The van der Waals surface area contributed by atoms with Gasteiger partial charge < -0.3 is 9.73 Å². The number of Topliss-reactive ketones (excluding diaryl/α,β-unsaturated/α-hetero) is 1. The molecule has 0 saturated carbocycles. The van der Waals surface area contributed by atoms with Gasteiger partial charge in [-0.25, -0.2) is 8.42 Å². The van der Waals surface area contributed by atoms with Gasteiger partial charge in [-0.1, -0.05) is 43.8 Å². The van der Waals surface area contributed by atoms with Gasteiger partial charge in [0.1, 0.15) is 0 Å². The van der Waals surface area contributed by atoms with Gasteiger partial charge in [0, 0.05) is 29.9 Å². The van der Waals surface area contributed by atoms with Crippen LogP contribution in [0.15, 0.2) is 63.1 Å². The van der Waals surface area contributed by atoms with Crippen LogP contribution in [0.1, 0.15) is 31.1 Å². The number of aromatic nitrogens is 2. The van der Waals surface area contributed by atoms with E-state index in [2.05, 4.69) is 15.5 Å². The minimum Gasteiger partial charge on any atom is -0.411 e. The van der Waals surface area contributed by atoms with E-state index in [9.17, 15) is 18.0 Å². The van der Waals surface area contributed by atoms with Crippen LogP contribution in [-0.2, 0) is 14.8 Å². The summed E-state index contributed by atoms with van der Waals surface area (Å²) in [5, 5.41) is 10.8. The standard InChI is InChI=1S/C22H24N4O5S2/c1-4-26(5-2)33(29,30)19-11-7-9-17(13-19)21-24-25-22(31-21)32-14-20(28)23-18-10-6-8-16(12-18)15(3)27/h6-13H,4-5,14H2,1-3H3,(H,23,28). The van der Waals surface area contributed by atoms with Crippen molar-refractivity contribution in [3.8, 4) is 11.5 Å². The van der Waals surface area contributed by atoms with Gasteiger partial charge in [0.05, 0.1) is 10.6 Å². The van der Waals surface area contributed by atoms with E-state index in [-0.39, 0.29) is 33.5 Å². The van der Waals surface area contributed by atoms with Crippen LogP contribution in [0.3, 0.4) is 0 Å². The smallest absolute Gasteiger partial charge is 0.277 e. The molecule has 0 radical (unpaired) electrons. The largest absolute Gasteiger partial charge is 0.411 e. The molecule has 33 heavy (non-hydrogen) atoms. The number of carbonyl (C=O) groups is 2. The Hall–Kier alpha value is -3.02. The number of rotatable bonds is 10. The molecule has 0 spiro atoms. The lowest BCUT2D eigenvalue weighted by Crippen LogP contribution is -2.30. The van der Waals surface area contributed by atoms with Crippen molar-refractivity contribution >= 4 is 39.2 Å². The molecule has 0 atom stereocenters. The van der Waals surface area contributed by atoms with Crippen LogP contribution in [0, 0.1) is 0 Å². The van der Waals surface area contributed by atoms with Crippen LogP contribution < -0.4 is 5.32 Å². The summed E-state index contributed by atoms with van der Waals surface area (Å²) >= 11 is 1.05. The number of ketones is 1. The highest BCUT2D eigenvalue weighted by Gasteiger charge is 2.22. The third-order valence-corrected chi connectivity index (χ3v) is 7.57. The first kappa shape index (κ1) is 24.6. The number of benzene rings is 2. The zero-order chi connectivity index (χ0) is 24.0. The van der Waals surface area contributed by atoms with Gasteiger partial charge in [0.25, 0.3) is 5.22 Å². The monoisotopic (exact) mass is 488 g/mol. The van der Waals surface area contributed by atoms with Crippen molar-refractivity contribution in [2.45, 2.75) is 30.9 Å². The number of thioether (sulfide) groups is 1. The van der Waals surface area contributed by atoms with Gasteiger partial charge in [-0.15, -0.1) is 10.2 Å². The van der Waals surface area contributed by atoms with Crippen molar-refractivity contribution in [2.75, 3.05) is 24.2 Å². The summed E-state index contributed by atoms with van der Waals surface area (Å²) in [7, 11) is -3.62. The molecule has 3 aromatic rings. The van der Waals surface area contributed by atoms with Gasteiger partial charge in [-0.3, -0.25) is 9.59 Å². The van der Waals surface area contributed by atoms with Crippen LogP contribution in [0.25, 0.3) is 11.5 Å². The average molecular weight is 489 g/mol. The molecular formula is C22H24N4O5S2. The number of hydrogen-bond donors (Lipinski definition) is 1. The van der Waals surface area contributed by atoms with Crippen LogP contribution in [0.2, 0.25) is 0 Å². The van der Waals surface area contributed by atoms with E-state index in [1.807, 2.05) is 0 Å². The molecule has 0 aliphatic carbocycles. The van der Waals surface area contributed by atoms with Gasteiger partial charge in [-0.2, -0.15) is 4.31 Å². The number of sulfonamides is 1. The summed E-state index contributed by atoms with van der Waals surface area (Å²) in [6, 6.07) is 13.0. The zero-order valence-corrected chi connectivity index (χ0v) is 20.1. The van der Waals surface area contributed by atoms with E-state index in [0.717, 1.165) is 11.8 Å². The summed E-state index contributed by atoms with van der Waals surface area (Å²) in [5.41, 5.74) is 1.49.